The highest BCUT2D eigenvalue weighted by Crippen LogP contribution is 2.26. The molecule has 3 nitrogen and oxygen atoms in total. The van der Waals surface area contributed by atoms with Gasteiger partial charge in [-0.1, -0.05) is 18.2 Å². The molecule has 14 heavy (non-hydrogen) atoms. The van der Waals surface area contributed by atoms with Crippen molar-refractivity contribution in [2.45, 2.75) is 12.8 Å². The Kier molecular flexibility index (Phi) is 4.13. The number of benzene rings is 1. The topological polar surface area (TPSA) is 63.3 Å². The third-order valence-corrected chi connectivity index (χ3v) is 2.05. The molecule has 1 aliphatic rings. The molecule has 0 spiro atoms. The van der Waals surface area contributed by atoms with Crippen molar-refractivity contribution < 1.29 is 9.90 Å². The zero-order valence-electron chi connectivity index (χ0n) is 8.02. The zero-order chi connectivity index (χ0) is 10.4. The molecular formula is C11H15NO2. The summed E-state index contributed by atoms with van der Waals surface area (Å²) in [5.41, 5.74) is 5.56. The molecule has 0 amide bonds. The molecule has 0 aromatic heterocycles. The predicted molar refractivity (Wildman–Crippen MR) is 55.2 cm³/mol. The van der Waals surface area contributed by atoms with Gasteiger partial charge in [-0.2, -0.15) is 0 Å². The summed E-state index contributed by atoms with van der Waals surface area (Å²) in [6.45, 7) is 0.917. The van der Waals surface area contributed by atoms with Crippen LogP contribution < -0.4 is 5.73 Å². The zero-order valence-corrected chi connectivity index (χ0v) is 8.02. The number of rotatable bonds is 2. The molecule has 0 radical (unpaired) electrons. The van der Waals surface area contributed by atoms with E-state index in [-0.39, 0.29) is 0 Å². The smallest absolute Gasteiger partial charge is 0.335 e. The first kappa shape index (κ1) is 10.7. The van der Waals surface area contributed by atoms with Gasteiger partial charge < -0.3 is 10.8 Å². The van der Waals surface area contributed by atoms with Crippen LogP contribution in [0.25, 0.3) is 0 Å². The Labute approximate surface area is 83.6 Å². The lowest BCUT2D eigenvalue weighted by molar-refractivity contribution is 0.0697. The van der Waals surface area contributed by atoms with Crippen molar-refractivity contribution >= 4 is 5.97 Å². The van der Waals surface area contributed by atoms with Crippen LogP contribution in [0.1, 0.15) is 23.2 Å². The molecule has 1 aliphatic carbocycles. The number of hydrogen-bond acceptors (Lipinski definition) is 2. The van der Waals surface area contributed by atoms with E-state index in [0.29, 0.717) is 5.56 Å². The molecule has 2 rings (SSSR count). The molecule has 0 heterocycles. The summed E-state index contributed by atoms with van der Waals surface area (Å²) < 4.78 is 0. The minimum Gasteiger partial charge on any atom is -0.478 e. The van der Waals surface area contributed by atoms with E-state index >= 15 is 0 Å². The van der Waals surface area contributed by atoms with Gasteiger partial charge in [0.25, 0.3) is 0 Å². The quantitative estimate of drug-likeness (QED) is 0.752. The Morgan fingerprint density at radius 3 is 2.14 bits per heavy atom. The standard InChI is InChI=1S/C7H6O2.C4H9N/c8-7(9)6-4-2-1-3-5-6;5-3-4-1-2-4/h1-5H,(H,8,9);4H,1-3,5H2. The third-order valence-electron chi connectivity index (χ3n) is 2.05. The summed E-state index contributed by atoms with van der Waals surface area (Å²) in [6.07, 6.45) is 2.77. The highest BCUT2D eigenvalue weighted by Gasteiger charge is 2.17. The molecule has 0 bridgehead atoms. The van der Waals surface area contributed by atoms with Gasteiger partial charge in [0.05, 0.1) is 5.56 Å². The van der Waals surface area contributed by atoms with E-state index in [9.17, 15) is 4.79 Å². The minimum atomic E-state index is -0.879. The van der Waals surface area contributed by atoms with Crippen molar-refractivity contribution in [1.82, 2.24) is 0 Å². The van der Waals surface area contributed by atoms with Gasteiger partial charge in [0, 0.05) is 0 Å². The van der Waals surface area contributed by atoms with Gasteiger partial charge in [0.1, 0.15) is 0 Å². The maximum atomic E-state index is 10.2. The van der Waals surface area contributed by atoms with Crippen molar-refractivity contribution in [3.8, 4) is 0 Å². The lowest BCUT2D eigenvalue weighted by atomic mass is 10.2. The predicted octanol–water partition coefficient (Wildman–Crippen LogP) is 1.74. The number of nitrogens with two attached hydrogens (primary N) is 1. The van der Waals surface area contributed by atoms with Crippen LogP contribution in [0, 0.1) is 5.92 Å². The molecule has 3 N–H and O–H groups in total. The van der Waals surface area contributed by atoms with E-state index in [0.717, 1.165) is 12.5 Å². The number of aromatic carboxylic acids is 1. The van der Waals surface area contributed by atoms with Gasteiger partial charge in [-0.15, -0.1) is 0 Å². The monoisotopic (exact) mass is 193 g/mol. The van der Waals surface area contributed by atoms with Gasteiger partial charge in [0.2, 0.25) is 0 Å². The third kappa shape index (κ3) is 4.05. The first-order valence-corrected chi connectivity index (χ1v) is 4.72. The van der Waals surface area contributed by atoms with E-state index < -0.39 is 5.97 Å². The molecule has 1 aromatic rings. The average molecular weight is 193 g/mol. The fourth-order valence-corrected chi connectivity index (χ4v) is 0.934. The molecule has 0 saturated heterocycles. The van der Waals surface area contributed by atoms with E-state index in [1.165, 1.54) is 12.8 Å². The SMILES string of the molecule is NCC1CC1.O=C(O)c1ccccc1. The van der Waals surface area contributed by atoms with Crippen LogP contribution >= 0.6 is 0 Å². The number of carboxylic acid groups (broad SMARTS) is 1. The lowest BCUT2D eigenvalue weighted by Crippen LogP contribution is -1.98. The molecule has 76 valence electrons. The van der Waals surface area contributed by atoms with E-state index in [4.69, 9.17) is 10.8 Å². The molecular weight excluding hydrogens is 178 g/mol. The Morgan fingerprint density at radius 1 is 1.36 bits per heavy atom. The summed E-state index contributed by atoms with van der Waals surface area (Å²) in [7, 11) is 0. The number of carbonyl (C=O) groups is 1. The first-order chi connectivity index (χ1) is 6.74. The second-order valence-electron chi connectivity index (χ2n) is 3.35. The van der Waals surface area contributed by atoms with Crippen molar-refractivity contribution in [1.29, 1.82) is 0 Å². The maximum absolute atomic E-state index is 10.2. The Hall–Kier alpha value is -1.35. The molecule has 0 unspecified atom stereocenters. The minimum absolute atomic E-state index is 0.331. The van der Waals surface area contributed by atoms with Crippen molar-refractivity contribution in [2.24, 2.45) is 11.7 Å². The highest BCUT2D eigenvalue weighted by molar-refractivity contribution is 5.87. The number of carboxylic acids is 1. The van der Waals surface area contributed by atoms with Gasteiger partial charge in [-0.05, 0) is 37.4 Å². The first-order valence-electron chi connectivity index (χ1n) is 4.72. The van der Waals surface area contributed by atoms with Gasteiger partial charge >= 0.3 is 5.97 Å². The molecule has 0 aliphatic heterocycles. The summed E-state index contributed by atoms with van der Waals surface area (Å²) in [6, 6.07) is 8.30. The molecule has 1 fully saturated rings. The summed E-state index contributed by atoms with van der Waals surface area (Å²) in [5, 5.41) is 8.38. The molecule has 1 aromatic carbocycles. The summed E-state index contributed by atoms with van der Waals surface area (Å²) in [5.74, 6) is 0.0330. The van der Waals surface area contributed by atoms with Crippen LogP contribution in [0.2, 0.25) is 0 Å². The second kappa shape index (κ2) is 5.40. The lowest BCUT2D eigenvalue weighted by Gasteiger charge is -1.88. The van der Waals surface area contributed by atoms with E-state index in [1.54, 1.807) is 30.3 Å². The Bertz CT molecular complexity index is 281. The average Bonchev–Trinajstić information content (AvgIpc) is 3.03. The molecule has 3 heteroatoms. The van der Waals surface area contributed by atoms with Crippen LogP contribution in [0.4, 0.5) is 0 Å². The van der Waals surface area contributed by atoms with Crippen LogP contribution in [-0.4, -0.2) is 17.6 Å². The van der Waals surface area contributed by atoms with Crippen LogP contribution in [-0.2, 0) is 0 Å². The van der Waals surface area contributed by atoms with Gasteiger partial charge in [-0.3, -0.25) is 0 Å². The van der Waals surface area contributed by atoms with Crippen LogP contribution in [0.3, 0.4) is 0 Å². The Balaban J connectivity index is 0.000000165. The molecule has 0 atom stereocenters. The van der Waals surface area contributed by atoms with E-state index in [1.807, 2.05) is 0 Å². The van der Waals surface area contributed by atoms with Gasteiger partial charge in [0.15, 0.2) is 0 Å². The molecule has 1 saturated carbocycles. The second-order valence-corrected chi connectivity index (χ2v) is 3.35. The summed E-state index contributed by atoms with van der Waals surface area (Å²) in [4.78, 5) is 10.2. The van der Waals surface area contributed by atoms with Crippen LogP contribution in [0.15, 0.2) is 30.3 Å². The number of hydrogen-bond donors (Lipinski definition) is 2. The van der Waals surface area contributed by atoms with Crippen LogP contribution in [0.5, 0.6) is 0 Å². The fourth-order valence-electron chi connectivity index (χ4n) is 0.934. The van der Waals surface area contributed by atoms with Crippen molar-refractivity contribution in [3.63, 3.8) is 0 Å². The largest absolute Gasteiger partial charge is 0.478 e. The van der Waals surface area contributed by atoms with Gasteiger partial charge in [-0.25, -0.2) is 4.79 Å². The maximum Gasteiger partial charge on any atom is 0.335 e. The normalized spacial score (nSPS) is 14.1. The Morgan fingerprint density at radius 2 is 1.93 bits per heavy atom. The fraction of sp³-hybridized carbons (Fsp3) is 0.364. The highest BCUT2D eigenvalue weighted by atomic mass is 16.4. The van der Waals surface area contributed by atoms with Crippen molar-refractivity contribution in [2.75, 3.05) is 6.54 Å². The van der Waals surface area contributed by atoms with E-state index in [2.05, 4.69) is 0 Å². The summed E-state index contributed by atoms with van der Waals surface area (Å²) >= 11 is 0. The van der Waals surface area contributed by atoms with Crippen molar-refractivity contribution in [3.05, 3.63) is 35.9 Å².